The molecule has 30 heavy (non-hydrogen) atoms. The summed E-state index contributed by atoms with van der Waals surface area (Å²) in [5.41, 5.74) is 1.00. The molecular formula is C23H19NO5S. The summed E-state index contributed by atoms with van der Waals surface area (Å²) < 4.78 is 10.4. The molecule has 2 aromatic carbocycles. The molecule has 3 aromatic rings. The standard InChI is InChI=1S/C23H19NO5S/c1-28-16-10-8-14(9-11-16)21(25)19-20(18-7-4-12-30-18)24(23(27)22(19)26)15-5-3-6-17(13-15)29-2/h3-13,20,25H,1-2H3/b21-19-. The summed E-state index contributed by atoms with van der Waals surface area (Å²) in [4.78, 5) is 28.2. The first-order valence-corrected chi connectivity index (χ1v) is 10.1. The van der Waals surface area contributed by atoms with Gasteiger partial charge in [-0.15, -0.1) is 11.3 Å². The van der Waals surface area contributed by atoms with E-state index in [0.717, 1.165) is 4.88 Å². The average Bonchev–Trinajstić information content (AvgIpc) is 3.40. The number of hydrogen-bond acceptors (Lipinski definition) is 6. The van der Waals surface area contributed by atoms with Gasteiger partial charge < -0.3 is 14.6 Å². The van der Waals surface area contributed by atoms with Crippen molar-refractivity contribution in [1.29, 1.82) is 0 Å². The lowest BCUT2D eigenvalue weighted by Gasteiger charge is -2.24. The molecular weight excluding hydrogens is 402 g/mol. The van der Waals surface area contributed by atoms with Crippen molar-refractivity contribution in [3.8, 4) is 11.5 Å². The van der Waals surface area contributed by atoms with Gasteiger partial charge in [-0.3, -0.25) is 14.5 Å². The number of aliphatic hydroxyl groups is 1. The number of aliphatic hydroxyl groups excluding tert-OH is 1. The number of methoxy groups -OCH3 is 2. The smallest absolute Gasteiger partial charge is 0.300 e. The molecule has 7 heteroatoms. The zero-order valence-electron chi connectivity index (χ0n) is 16.4. The second-order valence-corrected chi connectivity index (χ2v) is 7.59. The second kappa shape index (κ2) is 8.04. The normalized spacial score (nSPS) is 17.9. The predicted molar refractivity (Wildman–Crippen MR) is 115 cm³/mol. The highest BCUT2D eigenvalue weighted by molar-refractivity contribution is 7.10. The Labute approximate surface area is 177 Å². The van der Waals surface area contributed by atoms with Gasteiger partial charge in [0.05, 0.1) is 19.8 Å². The van der Waals surface area contributed by atoms with Gasteiger partial charge >= 0.3 is 0 Å². The number of benzene rings is 2. The van der Waals surface area contributed by atoms with Crippen molar-refractivity contribution in [2.24, 2.45) is 0 Å². The molecule has 0 saturated carbocycles. The number of carbonyl (C=O) groups is 2. The maximum Gasteiger partial charge on any atom is 0.300 e. The minimum absolute atomic E-state index is 0.0513. The largest absolute Gasteiger partial charge is 0.507 e. The molecule has 1 aliphatic rings. The van der Waals surface area contributed by atoms with Gasteiger partial charge in [-0.25, -0.2) is 0 Å². The fourth-order valence-corrected chi connectivity index (χ4v) is 4.30. The van der Waals surface area contributed by atoms with Gasteiger partial charge in [0.2, 0.25) is 0 Å². The number of amides is 1. The van der Waals surface area contributed by atoms with E-state index in [-0.39, 0.29) is 11.3 Å². The summed E-state index contributed by atoms with van der Waals surface area (Å²) >= 11 is 1.41. The Hall–Kier alpha value is -3.58. The van der Waals surface area contributed by atoms with E-state index in [1.807, 2.05) is 17.5 Å². The van der Waals surface area contributed by atoms with E-state index < -0.39 is 17.7 Å². The second-order valence-electron chi connectivity index (χ2n) is 6.61. The Morgan fingerprint density at radius 1 is 0.967 bits per heavy atom. The minimum atomic E-state index is -0.737. The Balaban J connectivity index is 1.89. The van der Waals surface area contributed by atoms with Crippen LogP contribution >= 0.6 is 11.3 Å². The molecule has 6 nitrogen and oxygen atoms in total. The van der Waals surface area contributed by atoms with Gasteiger partial charge in [-0.1, -0.05) is 12.1 Å². The third kappa shape index (κ3) is 3.33. The molecule has 0 aliphatic carbocycles. The number of Topliss-reactive ketones (excluding diaryl/α,β-unsaturated/α-hetero) is 1. The van der Waals surface area contributed by atoms with Gasteiger partial charge in [0.25, 0.3) is 11.7 Å². The monoisotopic (exact) mass is 421 g/mol. The fraction of sp³-hybridized carbons (Fsp3) is 0.130. The van der Waals surface area contributed by atoms with Crippen LogP contribution in [0.5, 0.6) is 11.5 Å². The summed E-state index contributed by atoms with van der Waals surface area (Å²) in [6, 6.07) is 16.6. The van der Waals surface area contributed by atoms with E-state index in [4.69, 9.17) is 9.47 Å². The van der Waals surface area contributed by atoms with Gasteiger partial charge in [0, 0.05) is 22.2 Å². The lowest BCUT2D eigenvalue weighted by atomic mass is 9.99. The van der Waals surface area contributed by atoms with E-state index in [1.165, 1.54) is 23.3 Å². The molecule has 1 atom stereocenters. The van der Waals surface area contributed by atoms with Crippen molar-refractivity contribution in [3.63, 3.8) is 0 Å². The maximum atomic E-state index is 13.0. The first kappa shape index (κ1) is 19.7. The third-order valence-electron chi connectivity index (χ3n) is 4.95. The van der Waals surface area contributed by atoms with E-state index in [9.17, 15) is 14.7 Å². The zero-order valence-corrected chi connectivity index (χ0v) is 17.2. The molecule has 4 rings (SSSR count). The average molecular weight is 421 g/mol. The summed E-state index contributed by atoms with van der Waals surface area (Å²) in [7, 11) is 3.08. The van der Waals surface area contributed by atoms with Crippen LogP contribution in [0.15, 0.2) is 71.6 Å². The number of ether oxygens (including phenoxy) is 2. The minimum Gasteiger partial charge on any atom is -0.507 e. The van der Waals surface area contributed by atoms with E-state index in [2.05, 4.69) is 0 Å². The molecule has 0 bridgehead atoms. The number of anilines is 1. The summed E-state index contributed by atoms with van der Waals surface area (Å²) in [5, 5.41) is 12.9. The first-order valence-electron chi connectivity index (χ1n) is 9.18. The van der Waals surface area contributed by atoms with Crippen LogP contribution in [-0.4, -0.2) is 31.0 Å². The molecule has 0 spiro atoms. The number of thiophene rings is 1. The third-order valence-corrected chi connectivity index (χ3v) is 5.88. The van der Waals surface area contributed by atoms with Crippen molar-refractivity contribution in [2.75, 3.05) is 19.1 Å². The quantitative estimate of drug-likeness (QED) is 0.376. The lowest BCUT2D eigenvalue weighted by molar-refractivity contribution is -0.132. The van der Waals surface area contributed by atoms with Gasteiger partial charge in [0.1, 0.15) is 23.3 Å². The van der Waals surface area contributed by atoms with Crippen LogP contribution in [-0.2, 0) is 9.59 Å². The van der Waals surface area contributed by atoms with Crippen molar-refractivity contribution in [1.82, 2.24) is 0 Å². The molecule has 1 unspecified atom stereocenters. The maximum absolute atomic E-state index is 13.0. The molecule has 1 N–H and O–H groups in total. The van der Waals surface area contributed by atoms with Crippen LogP contribution < -0.4 is 14.4 Å². The van der Waals surface area contributed by atoms with Crippen molar-refractivity contribution in [2.45, 2.75) is 6.04 Å². The highest BCUT2D eigenvalue weighted by Crippen LogP contribution is 2.44. The van der Waals surface area contributed by atoms with Crippen molar-refractivity contribution >= 4 is 34.5 Å². The number of hydrogen-bond donors (Lipinski definition) is 1. The molecule has 1 aliphatic heterocycles. The molecule has 1 aromatic heterocycles. The number of rotatable bonds is 5. The van der Waals surface area contributed by atoms with Crippen molar-refractivity contribution < 1.29 is 24.2 Å². The van der Waals surface area contributed by atoms with Crippen LogP contribution in [0, 0.1) is 0 Å². The number of carbonyl (C=O) groups excluding carboxylic acids is 2. The number of nitrogens with zero attached hydrogens (tertiary/aromatic N) is 1. The van der Waals surface area contributed by atoms with E-state index >= 15 is 0 Å². The summed E-state index contributed by atoms with van der Waals surface area (Å²) in [5.74, 6) is -0.464. The topological polar surface area (TPSA) is 76.1 Å². The predicted octanol–water partition coefficient (Wildman–Crippen LogP) is 4.39. The molecule has 1 amide bonds. The van der Waals surface area contributed by atoms with E-state index in [1.54, 1.807) is 55.6 Å². The summed E-state index contributed by atoms with van der Waals surface area (Å²) in [6.07, 6.45) is 0. The Kier molecular flexibility index (Phi) is 5.29. The first-order chi connectivity index (χ1) is 14.5. The Morgan fingerprint density at radius 2 is 1.70 bits per heavy atom. The number of ketones is 1. The Bertz CT molecular complexity index is 1120. The van der Waals surface area contributed by atoms with Gasteiger partial charge in [-0.2, -0.15) is 0 Å². The SMILES string of the molecule is COc1ccc(/C(O)=C2/C(=O)C(=O)N(c3cccc(OC)c3)C2c2cccs2)cc1. The van der Waals surface area contributed by atoms with Crippen LogP contribution in [0.1, 0.15) is 16.5 Å². The molecule has 0 radical (unpaired) electrons. The molecule has 2 heterocycles. The molecule has 1 saturated heterocycles. The zero-order chi connectivity index (χ0) is 21.3. The van der Waals surface area contributed by atoms with Crippen LogP contribution in [0.25, 0.3) is 5.76 Å². The summed E-state index contributed by atoms with van der Waals surface area (Å²) in [6.45, 7) is 0. The van der Waals surface area contributed by atoms with Gasteiger partial charge in [0.15, 0.2) is 0 Å². The highest BCUT2D eigenvalue weighted by Gasteiger charge is 2.47. The van der Waals surface area contributed by atoms with Crippen LogP contribution in [0.4, 0.5) is 5.69 Å². The van der Waals surface area contributed by atoms with E-state index in [0.29, 0.717) is 22.7 Å². The van der Waals surface area contributed by atoms with Gasteiger partial charge in [-0.05, 0) is 47.8 Å². The van der Waals surface area contributed by atoms with Crippen LogP contribution in [0.3, 0.4) is 0 Å². The van der Waals surface area contributed by atoms with Crippen LogP contribution in [0.2, 0.25) is 0 Å². The van der Waals surface area contributed by atoms with Crippen molar-refractivity contribution in [3.05, 3.63) is 82.1 Å². The molecule has 1 fully saturated rings. The molecule has 152 valence electrons. The lowest BCUT2D eigenvalue weighted by Crippen LogP contribution is -2.29. The highest BCUT2D eigenvalue weighted by atomic mass is 32.1. The Morgan fingerprint density at radius 3 is 2.33 bits per heavy atom. The fourth-order valence-electron chi connectivity index (χ4n) is 3.48.